The molecule has 0 radical (unpaired) electrons. The van der Waals surface area contributed by atoms with Crippen molar-refractivity contribution in [1.82, 2.24) is 0 Å². The van der Waals surface area contributed by atoms with Gasteiger partial charge in [-0.15, -0.1) is 0 Å². The highest BCUT2D eigenvalue weighted by atomic mass is 19.1. The molecular formula is C23H19FO2. The third-order valence-electron chi connectivity index (χ3n) is 4.01. The van der Waals surface area contributed by atoms with E-state index in [2.05, 4.69) is 0 Å². The Morgan fingerprint density at radius 3 is 2.12 bits per heavy atom. The van der Waals surface area contributed by atoms with Gasteiger partial charge in [-0.25, -0.2) is 9.18 Å². The van der Waals surface area contributed by atoms with E-state index in [1.807, 2.05) is 62.4 Å². The predicted molar refractivity (Wildman–Crippen MR) is 102 cm³/mol. The van der Waals surface area contributed by atoms with Gasteiger partial charge in [-0.05, 0) is 43.2 Å². The molecule has 0 spiro atoms. The zero-order valence-electron chi connectivity index (χ0n) is 14.7. The van der Waals surface area contributed by atoms with Crippen LogP contribution >= 0.6 is 0 Å². The summed E-state index contributed by atoms with van der Waals surface area (Å²) in [5, 5.41) is 0. The van der Waals surface area contributed by atoms with Crippen molar-refractivity contribution in [2.24, 2.45) is 0 Å². The SMILES string of the molecule is Cc1ccc(/C=C/C(=O)Oc2ccc(-c3ccc(C)cc3)c(F)c2)cc1. The number of esters is 1. The second-order valence-corrected chi connectivity index (χ2v) is 6.17. The van der Waals surface area contributed by atoms with Crippen molar-refractivity contribution in [2.75, 3.05) is 0 Å². The van der Waals surface area contributed by atoms with Gasteiger partial charge in [-0.2, -0.15) is 0 Å². The highest BCUT2D eigenvalue weighted by Crippen LogP contribution is 2.26. The molecule has 0 fully saturated rings. The van der Waals surface area contributed by atoms with Gasteiger partial charge in [0, 0.05) is 17.7 Å². The minimum Gasteiger partial charge on any atom is -0.423 e. The van der Waals surface area contributed by atoms with Crippen LogP contribution in [0.2, 0.25) is 0 Å². The Morgan fingerprint density at radius 1 is 0.885 bits per heavy atom. The molecule has 0 heterocycles. The van der Waals surface area contributed by atoms with E-state index in [9.17, 15) is 9.18 Å². The van der Waals surface area contributed by atoms with Gasteiger partial charge in [-0.3, -0.25) is 0 Å². The molecule has 3 aromatic rings. The standard InChI is InChI=1S/C23H19FO2/c1-16-3-7-18(8-4-16)9-14-23(25)26-20-12-13-21(22(24)15-20)19-10-5-17(2)6-11-19/h3-15H,1-2H3/b14-9+. The lowest BCUT2D eigenvalue weighted by Crippen LogP contribution is -2.04. The number of ether oxygens (including phenoxy) is 1. The fourth-order valence-corrected chi connectivity index (χ4v) is 2.52. The number of halogens is 1. The molecule has 0 aromatic heterocycles. The molecule has 0 saturated carbocycles. The van der Waals surface area contributed by atoms with Crippen LogP contribution < -0.4 is 4.74 Å². The largest absolute Gasteiger partial charge is 0.423 e. The predicted octanol–water partition coefficient (Wildman–Crippen LogP) is 5.73. The van der Waals surface area contributed by atoms with Gasteiger partial charge >= 0.3 is 5.97 Å². The van der Waals surface area contributed by atoms with E-state index in [1.54, 1.807) is 18.2 Å². The first-order chi connectivity index (χ1) is 12.5. The smallest absolute Gasteiger partial charge is 0.336 e. The first-order valence-corrected chi connectivity index (χ1v) is 8.34. The van der Waals surface area contributed by atoms with Crippen LogP contribution in [-0.4, -0.2) is 5.97 Å². The van der Waals surface area contributed by atoms with Gasteiger partial charge in [0.1, 0.15) is 11.6 Å². The molecule has 3 heteroatoms. The third kappa shape index (κ3) is 4.45. The summed E-state index contributed by atoms with van der Waals surface area (Å²) < 4.78 is 19.6. The number of hydrogen-bond donors (Lipinski definition) is 0. The van der Waals surface area contributed by atoms with Crippen LogP contribution in [-0.2, 0) is 4.79 Å². The van der Waals surface area contributed by atoms with Crippen LogP contribution in [0.1, 0.15) is 16.7 Å². The molecule has 3 aromatic carbocycles. The van der Waals surface area contributed by atoms with Crippen LogP contribution in [0.5, 0.6) is 5.75 Å². The molecule has 0 atom stereocenters. The van der Waals surface area contributed by atoms with Crippen LogP contribution in [0.15, 0.2) is 72.8 Å². The maximum absolute atomic E-state index is 14.4. The van der Waals surface area contributed by atoms with Gasteiger partial charge in [-0.1, -0.05) is 59.7 Å². The molecule has 3 rings (SSSR count). The lowest BCUT2D eigenvalue weighted by Gasteiger charge is -2.07. The monoisotopic (exact) mass is 346 g/mol. The Balaban J connectivity index is 1.70. The van der Waals surface area contributed by atoms with E-state index >= 15 is 0 Å². The molecular weight excluding hydrogens is 327 g/mol. The van der Waals surface area contributed by atoms with Crippen LogP contribution in [0.3, 0.4) is 0 Å². The second kappa shape index (κ2) is 7.79. The first kappa shape index (κ1) is 17.6. The summed E-state index contributed by atoms with van der Waals surface area (Å²) in [4.78, 5) is 11.9. The topological polar surface area (TPSA) is 26.3 Å². The molecule has 130 valence electrons. The van der Waals surface area contributed by atoms with Crippen LogP contribution in [0.4, 0.5) is 4.39 Å². The third-order valence-corrected chi connectivity index (χ3v) is 4.01. The Hall–Kier alpha value is -3.20. The van der Waals surface area contributed by atoms with Gasteiger partial charge < -0.3 is 4.74 Å². The summed E-state index contributed by atoms with van der Waals surface area (Å²) in [6, 6.07) is 19.8. The second-order valence-electron chi connectivity index (χ2n) is 6.17. The van der Waals surface area contributed by atoms with Crippen LogP contribution in [0, 0.1) is 19.7 Å². The molecule has 2 nitrogen and oxygen atoms in total. The quantitative estimate of drug-likeness (QED) is 0.343. The molecule has 0 unspecified atom stereocenters. The maximum atomic E-state index is 14.4. The summed E-state index contributed by atoms with van der Waals surface area (Å²) in [5.74, 6) is -0.799. The highest BCUT2D eigenvalue weighted by molar-refractivity contribution is 5.88. The molecule has 0 aliphatic heterocycles. The Morgan fingerprint density at radius 2 is 1.50 bits per heavy atom. The van der Waals surface area contributed by atoms with E-state index in [0.717, 1.165) is 22.3 Å². The number of hydrogen-bond acceptors (Lipinski definition) is 2. The fourth-order valence-electron chi connectivity index (χ4n) is 2.52. The minimum atomic E-state index is -0.548. The maximum Gasteiger partial charge on any atom is 0.336 e. The number of carbonyl (C=O) groups is 1. The van der Waals surface area contributed by atoms with Gasteiger partial charge in [0.05, 0.1) is 0 Å². The number of carbonyl (C=O) groups excluding carboxylic acids is 1. The van der Waals surface area contributed by atoms with Crippen molar-refractivity contribution in [1.29, 1.82) is 0 Å². The highest BCUT2D eigenvalue weighted by Gasteiger charge is 2.08. The van der Waals surface area contributed by atoms with Crippen molar-refractivity contribution in [2.45, 2.75) is 13.8 Å². The minimum absolute atomic E-state index is 0.178. The van der Waals surface area contributed by atoms with Crippen molar-refractivity contribution in [3.8, 4) is 16.9 Å². The van der Waals surface area contributed by atoms with Crippen molar-refractivity contribution >= 4 is 12.0 Å². The molecule has 0 bridgehead atoms. The Kier molecular flexibility index (Phi) is 5.28. The molecule has 0 aliphatic rings. The molecule has 26 heavy (non-hydrogen) atoms. The Bertz CT molecular complexity index is 939. The van der Waals surface area contributed by atoms with Crippen LogP contribution in [0.25, 0.3) is 17.2 Å². The Labute approximate surface area is 152 Å². The zero-order chi connectivity index (χ0) is 18.5. The lowest BCUT2D eigenvalue weighted by molar-refractivity contribution is -0.128. The molecule has 0 amide bonds. The van der Waals surface area contributed by atoms with Gasteiger partial charge in [0.15, 0.2) is 0 Å². The summed E-state index contributed by atoms with van der Waals surface area (Å²) in [5.41, 5.74) is 4.41. The number of aryl methyl sites for hydroxylation is 2. The van der Waals surface area contributed by atoms with E-state index < -0.39 is 11.8 Å². The molecule has 0 aliphatic carbocycles. The average Bonchev–Trinajstić information content (AvgIpc) is 2.62. The van der Waals surface area contributed by atoms with Gasteiger partial charge in [0.2, 0.25) is 0 Å². The lowest BCUT2D eigenvalue weighted by atomic mass is 10.0. The fraction of sp³-hybridized carbons (Fsp3) is 0.0870. The van der Waals surface area contributed by atoms with E-state index in [0.29, 0.717) is 5.56 Å². The number of rotatable bonds is 4. The normalized spacial score (nSPS) is 10.9. The van der Waals surface area contributed by atoms with E-state index in [-0.39, 0.29) is 5.75 Å². The van der Waals surface area contributed by atoms with Crippen molar-refractivity contribution < 1.29 is 13.9 Å². The number of benzene rings is 3. The van der Waals surface area contributed by atoms with E-state index in [1.165, 1.54) is 12.1 Å². The van der Waals surface area contributed by atoms with E-state index in [4.69, 9.17) is 4.74 Å². The zero-order valence-corrected chi connectivity index (χ0v) is 14.7. The molecule has 0 saturated heterocycles. The van der Waals surface area contributed by atoms with Crippen molar-refractivity contribution in [3.05, 3.63) is 95.3 Å². The average molecular weight is 346 g/mol. The van der Waals surface area contributed by atoms with Gasteiger partial charge in [0.25, 0.3) is 0 Å². The van der Waals surface area contributed by atoms with Crippen molar-refractivity contribution in [3.63, 3.8) is 0 Å². The summed E-state index contributed by atoms with van der Waals surface area (Å²) in [7, 11) is 0. The summed E-state index contributed by atoms with van der Waals surface area (Å²) in [6.45, 7) is 3.98. The summed E-state index contributed by atoms with van der Waals surface area (Å²) >= 11 is 0. The first-order valence-electron chi connectivity index (χ1n) is 8.34. The summed E-state index contributed by atoms with van der Waals surface area (Å²) in [6.07, 6.45) is 3.00. The molecule has 0 N–H and O–H groups in total.